The second kappa shape index (κ2) is 7.16. The first kappa shape index (κ1) is 16.3. The summed E-state index contributed by atoms with van der Waals surface area (Å²) in [4.78, 5) is 11.2. The van der Waals surface area contributed by atoms with Gasteiger partial charge in [0.15, 0.2) is 0 Å². The summed E-state index contributed by atoms with van der Waals surface area (Å²) in [6.45, 7) is 5.71. The highest BCUT2D eigenvalue weighted by Gasteiger charge is 2.20. The van der Waals surface area contributed by atoms with E-state index in [2.05, 4.69) is 16.6 Å². The van der Waals surface area contributed by atoms with Gasteiger partial charge in [-0.25, -0.2) is 17.5 Å². The molecule has 20 heavy (non-hydrogen) atoms. The normalized spacial score (nSPS) is 11.1. The molecule has 0 bridgehead atoms. The lowest BCUT2D eigenvalue weighted by molar-refractivity contribution is 0.0953. The minimum absolute atomic E-state index is 0.0198. The lowest BCUT2D eigenvalue weighted by Crippen LogP contribution is -2.27. The number of rotatable bonds is 7. The Morgan fingerprint density at radius 2 is 2.15 bits per heavy atom. The highest BCUT2D eigenvalue weighted by Crippen LogP contribution is 2.16. The maximum atomic E-state index is 13.6. The van der Waals surface area contributed by atoms with Gasteiger partial charge in [-0.2, -0.15) is 0 Å². The fourth-order valence-electron chi connectivity index (χ4n) is 1.44. The Bertz CT molecular complexity index is 600. The van der Waals surface area contributed by atoms with Crippen molar-refractivity contribution in [2.75, 3.05) is 13.1 Å². The molecule has 0 aliphatic heterocycles. The van der Waals surface area contributed by atoms with Crippen molar-refractivity contribution in [3.63, 3.8) is 0 Å². The standard InChI is InChI=1S/C13H17FN2O3S/c1-3-7-15-13(17)10-5-6-11(14)12(9-10)20(18,19)16-8-4-2/h4-6,9,16H,2-3,7-8H2,1H3,(H,15,17). The first-order chi connectivity index (χ1) is 9.42. The molecule has 7 heteroatoms. The summed E-state index contributed by atoms with van der Waals surface area (Å²) in [5, 5.41) is 2.60. The van der Waals surface area contributed by atoms with Crippen molar-refractivity contribution in [3.8, 4) is 0 Å². The van der Waals surface area contributed by atoms with E-state index in [0.29, 0.717) is 6.54 Å². The molecule has 1 aromatic carbocycles. The average molecular weight is 300 g/mol. The lowest BCUT2D eigenvalue weighted by Gasteiger charge is -2.08. The SMILES string of the molecule is C=CCNS(=O)(=O)c1cc(C(=O)NCCC)ccc1F. The first-order valence-electron chi connectivity index (χ1n) is 6.10. The van der Waals surface area contributed by atoms with Crippen LogP contribution < -0.4 is 10.0 Å². The van der Waals surface area contributed by atoms with Crippen LogP contribution in [0, 0.1) is 5.82 Å². The number of hydrogen-bond donors (Lipinski definition) is 2. The lowest BCUT2D eigenvalue weighted by atomic mass is 10.2. The molecule has 0 spiro atoms. The predicted molar refractivity (Wildman–Crippen MR) is 74.4 cm³/mol. The van der Waals surface area contributed by atoms with E-state index in [1.54, 1.807) is 0 Å². The van der Waals surface area contributed by atoms with Crippen molar-refractivity contribution in [2.24, 2.45) is 0 Å². The molecule has 0 radical (unpaired) electrons. The van der Waals surface area contributed by atoms with Gasteiger partial charge in [0.1, 0.15) is 10.7 Å². The largest absolute Gasteiger partial charge is 0.352 e. The van der Waals surface area contributed by atoms with Crippen LogP contribution in [0.2, 0.25) is 0 Å². The smallest absolute Gasteiger partial charge is 0.251 e. The average Bonchev–Trinajstić information content (AvgIpc) is 2.42. The van der Waals surface area contributed by atoms with Gasteiger partial charge in [0.25, 0.3) is 5.91 Å². The molecule has 1 rings (SSSR count). The summed E-state index contributed by atoms with van der Waals surface area (Å²) in [7, 11) is -4.01. The fourth-order valence-corrected chi connectivity index (χ4v) is 2.54. The van der Waals surface area contributed by atoms with Gasteiger partial charge in [-0.05, 0) is 24.6 Å². The van der Waals surface area contributed by atoms with Crippen LogP contribution in [0.5, 0.6) is 0 Å². The van der Waals surface area contributed by atoms with E-state index < -0.39 is 26.6 Å². The third-order valence-corrected chi connectivity index (χ3v) is 3.87. The number of carbonyl (C=O) groups is 1. The number of hydrogen-bond acceptors (Lipinski definition) is 3. The first-order valence-corrected chi connectivity index (χ1v) is 7.59. The van der Waals surface area contributed by atoms with E-state index in [-0.39, 0.29) is 12.1 Å². The summed E-state index contributed by atoms with van der Waals surface area (Å²) in [6, 6.07) is 3.22. The van der Waals surface area contributed by atoms with Crippen LogP contribution in [0.4, 0.5) is 4.39 Å². The Labute approximate surface area is 117 Å². The van der Waals surface area contributed by atoms with E-state index in [1.807, 2.05) is 6.92 Å². The van der Waals surface area contributed by atoms with Crippen LogP contribution in [-0.4, -0.2) is 27.4 Å². The predicted octanol–water partition coefficient (Wildman–Crippen LogP) is 1.43. The summed E-state index contributed by atoms with van der Waals surface area (Å²) in [6.07, 6.45) is 2.09. The van der Waals surface area contributed by atoms with Gasteiger partial charge in [-0.3, -0.25) is 4.79 Å². The van der Waals surface area contributed by atoms with Gasteiger partial charge in [0, 0.05) is 18.7 Å². The van der Waals surface area contributed by atoms with E-state index in [9.17, 15) is 17.6 Å². The zero-order valence-corrected chi connectivity index (χ0v) is 12.0. The number of amides is 1. The van der Waals surface area contributed by atoms with Crippen LogP contribution in [0.25, 0.3) is 0 Å². The quantitative estimate of drug-likeness (QED) is 0.748. The summed E-state index contributed by atoms with van der Waals surface area (Å²) < 4.78 is 39.5. The molecule has 0 aliphatic carbocycles. The molecule has 0 saturated heterocycles. The molecule has 0 saturated carbocycles. The van der Waals surface area contributed by atoms with Crippen LogP contribution in [0.3, 0.4) is 0 Å². The zero-order valence-electron chi connectivity index (χ0n) is 11.1. The summed E-state index contributed by atoms with van der Waals surface area (Å²) in [5.74, 6) is -1.35. The summed E-state index contributed by atoms with van der Waals surface area (Å²) >= 11 is 0. The number of benzene rings is 1. The van der Waals surface area contributed by atoms with Gasteiger partial charge < -0.3 is 5.32 Å². The Morgan fingerprint density at radius 1 is 1.45 bits per heavy atom. The van der Waals surface area contributed by atoms with Gasteiger partial charge >= 0.3 is 0 Å². The molecule has 0 atom stereocenters. The molecular weight excluding hydrogens is 283 g/mol. The second-order valence-corrected chi connectivity index (χ2v) is 5.78. The van der Waals surface area contributed by atoms with Crippen molar-refractivity contribution in [2.45, 2.75) is 18.2 Å². The van der Waals surface area contributed by atoms with Crippen molar-refractivity contribution in [1.82, 2.24) is 10.0 Å². The Hall–Kier alpha value is -1.73. The van der Waals surface area contributed by atoms with Gasteiger partial charge in [0.05, 0.1) is 0 Å². The van der Waals surface area contributed by atoms with Crippen molar-refractivity contribution in [3.05, 3.63) is 42.2 Å². The molecule has 5 nitrogen and oxygen atoms in total. The Kier molecular flexibility index (Phi) is 5.84. The Balaban J connectivity index is 3.09. The summed E-state index contributed by atoms with van der Waals surface area (Å²) in [5.41, 5.74) is 0.0961. The molecule has 0 fully saturated rings. The molecular formula is C13H17FN2O3S. The van der Waals surface area contributed by atoms with Crippen molar-refractivity contribution in [1.29, 1.82) is 0 Å². The van der Waals surface area contributed by atoms with Crippen LogP contribution in [0.1, 0.15) is 23.7 Å². The molecule has 2 N–H and O–H groups in total. The maximum Gasteiger partial charge on any atom is 0.251 e. The second-order valence-electron chi connectivity index (χ2n) is 4.04. The van der Waals surface area contributed by atoms with Gasteiger partial charge in [0.2, 0.25) is 10.0 Å². The van der Waals surface area contributed by atoms with Crippen molar-refractivity contribution < 1.29 is 17.6 Å². The van der Waals surface area contributed by atoms with Gasteiger partial charge in [-0.15, -0.1) is 6.58 Å². The maximum absolute atomic E-state index is 13.6. The molecule has 110 valence electrons. The number of carbonyl (C=O) groups excluding carboxylic acids is 1. The number of sulfonamides is 1. The topological polar surface area (TPSA) is 75.3 Å². The molecule has 1 aromatic rings. The van der Waals surface area contributed by atoms with E-state index in [4.69, 9.17) is 0 Å². The van der Waals surface area contributed by atoms with Crippen molar-refractivity contribution >= 4 is 15.9 Å². The third kappa shape index (κ3) is 4.14. The van der Waals surface area contributed by atoms with Gasteiger partial charge in [-0.1, -0.05) is 13.0 Å². The molecule has 0 aliphatic rings. The zero-order chi connectivity index (χ0) is 15.2. The molecule has 0 unspecified atom stereocenters. The molecule has 0 heterocycles. The van der Waals surface area contributed by atoms with Crippen LogP contribution in [0.15, 0.2) is 35.7 Å². The van der Waals surface area contributed by atoms with E-state index in [0.717, 1.165) is 18.6 Å². The minimum atomic E-state index is -4.01. The van der Waals surface area contributed by atoms with E-state index in [1.165, 1.54) is 12.1 Å². The molecule has 0 aromatic heterocycles. The van der Waals surface area contributed by atoms with Crippen LogP contribution in [-0.2, 0) is 10.0 Å². The fraction of sp³-hybridized carbons (Fsp3) is 0.308. The number of halogens is 1. The third-order valence-electron chi connectivity index (χ3n) is 2.44. The minimum Gasteiger partial charge on any atom is -0.352 e. The highest BCUT2D eigenvalue weighted by molar-refractivity contribution is 7.89. The van der Waals surface area contributed by atoms with Crippen LogP contribution >= 0.6 is 0 Å². The monoisotopic (exact) mass is 300 g/mol. The van der Waals surface area contributed by atoms with E-state index >= 15 is 0 Å². The Morgan fingerprint density at radius 3 is 2.75 bits per heavy atom. The number of nitrogens with one attached hydrogen (secondary N) is 2. The molecule has 1 amide bonds. The highest BCUT2D eigenvalue weighted by atomic mass is 32.2.